The van der Waals surface area contributed by atoms with E-state index in [0.717, 1.165) is 6.42 Å². The van der Waals surface area contributed by atoms with E-state index >= 15 is 0 Å². The maximum absolute atomic E-state index is 12.3. The van der Waals surface area contributed by atoms with E-state index in [1.807, 2.05) is 11.4 Å². The second-order valence-electron chi connectivity index (χ2n) is 5.91. The third-order valence-corrected chi connectivity index (χ3v) is 6.17. The highest BCUT2D eigenvalue weighted by Gasteiger charge is 2.19. The quantitative estimate of drug-likeness (QED) is 0.586. The molecule has 142 valence electrons. The third kappa shape index (κ3) is 5.73. The number of hydrogen-bond acceptors (Lipinski definition) is 7. The molecule has 0 saturated carbocycles. The molecule has 3 rings (SSSR count). The van der Waals surface area contributed by atoms with Crippen LogP contribution in [0.25, 0.3) is 0 Å². The van der Waals surface area contributed by atoms with Gasteiger partial charge in [0.2, 0.25) is 11.8 Å². The zero-order valence-electron chi connectivity index (χ0n) is 14.5. The van der Waals surface area contributed by atoms with Crippen molar-refractivity contribution < 1.29 is 17.7 Å². The van der Waals surface area contributed by atoms with Gasteiger partial charge < -0.3 is 9.84 Å². The van der Waals surface area contributed by atoms with Crippen molar-refractivity contribution in [2.45, 2.75) is 29.9 Å². The number of carbonyl (C=O) groups is 1. The summed E-state index contributed by atoms with van der Waals surface area (Å²) in [5.41, 5.74) is 1.20. The van der Waals surface area contributed by atoms with Crippen LogP contribution < -0.4 is 5.32 Å². The van der Waals surface area contributed by atoms with Crippen molar-refractivity contribution in [2.24, 2.45) is 0 Å². The van der Waals surface area contributed by atoms with Gasteiger partial charge in [-0.2, -0.15) is 16.3 Å². The molecule has 9 heteroatoms. The number of amides is 1. The Morgan fingerprint density at radius 1 is 1.15 bits per heavy atom. The van der Waals surface area contributed by atoms with Crippen LogP contribution in [0.4, 0.5) is 0 Å². The van der Waals surface area contributed by atoms with Gasteiger partial charge in [0.05, 0.1) is 4.90 Å². The molecule has 1 aromatic carbocycles. The van der Waals surface area contributed by atoms with Crippen molar-refractivity contribution in [1.29, 1.82) is 0 Å². The highest BCUT2D eigenvalue weighted by atomic mass is 32.2. The van der Waals surface area contributed by atoms with Crippen LogP contribution in [-0.4, -0.2) is 31.0 Å². The predicted octanol–water partition coefficient (Wildman–Crippen LogP) is 2.40. The zero-order valence-corrected chi connectivity index (χ0v) is 16.1. The molecule has 0 aliphatic heterocycles. The molecule has 27 heavy (non-hydrogen) atoms. The monoisotopic (exact) mass is 405 g/mol. The van der Waals surface area contributed by atoms with Crippen LogP contribution in [0.2, 0.25) is 0 Å². The van der Waals surface area contributed by atoms with E-state index in [0.29, 0.717) is 6.54 Å². The van der Waals surface area contributed by atoms with Gasteiger partial charge in [0, 0.05) is 19.4 Å². The van der Waals surface area contributed by atoms with Gasteiger partial charge in [-0.15, -0.1) is 0 Å². The van der Waals surface area contributed by atoms with E-state index in [9.17, 15) is 13.2 Å². The van der Waals surface area contributed by atoms with Crippen LogP contribution in [0.5, 0.6) is 0 Å². The summed E-state index contributed by atoms with van der Waals surface area (Å²) in [6, 6.07) is 10.1. The molecule has 2 heterocycles. The third-order valence-electron chi connectivity index (χ3n) is 3.81. The molecule has 0 atom stereocenters. The van der Waals surface area contributed by atoms with Crippen LogP contribution in [0.3, 0.4) is 0 Å². The normalized spacial score (nSPS) is 11.4. The summed E-state index contributed by atoms with van der Waals surface area (Å²) >= 11 is 1.63. The van der Waals surface area contributed by atoms with E-state index in [1.165, 1.54) is 17.7 Å². The molecule has 0 saturated heterocycles. The highest BCUT2D eigenvalue weighted by molar-refractivity contribution is 7.90. The van der Waals surface area contributed by atoms with Crippen LogP contribution in [-0.2, 0) is 33.2 Å². The number of hydrogen-bond donors (Lipinski definition) is 1. The second-order valence-corrected chi connectivity index (χ2v) is 8.68. The summed E-state index contributed by atoms with van der Waals surface area (Å²) in [5, 5.41) is 10.6. The van der Waals surface area contributed by atoms with E-state index in [1.54, 1.807) is 29.5 Å². The van der Waals surface area contributed by atoms with Crippen molar-refractivity contribution in [3.63, 3.8) is 0 Å². The zero-order chi connectivity index (χ0) is 19.1. The number of sulfone groups is 1. The van der Waals surface area contributed by atoms with Gasteiger partial charge in [-0.1, -0.05) is 23.4 Å². The minimum absolute atomic E-state index is 0.0896. The maximum atomic E-state index is 12.3. The Morgan fingerprint density at radius 2 is 1.96 bits per heavy atom. The highest BCUT2D eigenvalue weighted by Crippen LogP contribution is 2.14. The molecule has 1 N–H and O–H groups in total. The largest absolute Gasteiger partial charge is 0.356 e. The molecule has 0 unspecified atom stereocenters. The van der Waals surface area contributed by atoms with Crippen LogP contribution in [0.1, 0.15) is 23.7 Å². The standard InChI is InChI=1S/C18H19N3O4S2/c22-17(19-10-8-14-9-11-26-12-14)6-7-18-20-16(21-25-18)13-27(23,24)15-4-2-1-3-5-15/h1-5,9,11-12H,6-8,10,13H2,(H,19,22). The van der Waals surface area contributed by atoms with Crippen molar-refractivity contribution in [3.8, 4) is 0 Å². The van der Waals surface area contributed by atoms with Crippen molar-refractivity contribution in [2.75, 3.05) is 6.54 Å². The Labute approximate surface area is 161 Å². The molecular formula is C18H19N3O4S2. The average Bonchev–Trinajstić information content (AvgIpc) is 3.32. The number of aromatic nitrogens is 2. The Hall–Kier alpha value is -2.52. The molecule has 0 fully saturated rings. The van der Waals surface area contributed by atoms with E-state index in [2.05, 4.69) is 20.8 Å². The number of nitrogens with one attached hydrogen (secondary N) is 1. The summed E-state index contributed by atoms with van der Waals surface area (Å²) in [6.45, 7) is 0.569. The molecule has 0 aliphatic carbocycles. The first-order valence-electron chi connectivity index (χ1n) is 8.40. The molecule has 0 bridgehead atoms. The molecular weight excluding hydrogens is 386 g/mol. The first-order valence-corrected chi connectivity index (χ1v) is 11.0. The lowest BCUT2D eigenvalue weighted by atomic mass is 10.2. The number of aryl methyl sites for hydroxylation is 1. The minimum Gasteiger partial charge on any atom is -0.356 e. The summed E-state index contributed by atoms with van der Waals surface area (Å²) in [6.07, 6.45) is 1.26. The molecule has 3 aromatic rings. The number of nitrogens with zero attached hydrogens (tertiary/aromatic N) is 2. The lowest BCUT2D eigenvalue weighted by Crippen LogP contribution is -2.25. The molecule has 0 radical (unpaired) electrons. The van der Waals surface area contributed by atoms with Gasteiger partial charge >= 0.3 is 0 Å². The smallest absolute Gasteiger partial charge is 0.227 e. The summed E-state index contributed by atoms with van der Waals surface area (Å²) in [7, 11) is -3.53. The Bertz CT molecular complexity index is 967. The second kappa shape index (κ2) is 8.92. The first-order chi connectivity index (χ1) is 13.0. The molecule has 0 aliphatic rings. The van der Waals surface area contributed by atoms with Crippen molar-refractivity contribution >= 4 is 27.1 Å². The number of rotatable bonds is 9. The topological polar surface area (TPSA) is 102 Å². The summed E-state index contributed by atoms with van der Waals surface area (Å²) < 4.78 is 29.7. The summed E-state index contributed by atoms with van der Waals surface area (Å²) in [5.74, 6) is -0.109. The lowest BCUT2D eigenvalue weighted by molar-refractivity contribution is -0.121. The van der Waals surface area contributed by atoms with Gasteiger partial charge in [0.25, 0.3) is 0 Å². The first kappa shape index (κ1) is 19.2. The van der Waals surface area contributed by atoms with Crippen molar-refractivity contribution in [1.82, 2.24) is 15.5 Å². The fourth-order valence-electron chi connectivity index (χ4n) is 2.42. The molecule has 1 amide bonds. The Kier molecular flexibility index (Phi) is 6.36. The number of carbonyl (C=O) groups excluding carboxylic acids is 1. The Morgan fingerprint density at radius 3 is 2.70 bits per heavy atom. The van der Waals surface area contributed by atoms with Gasteiger partial charge in [-0.05, 0) is 40.9 Å². The van der Waals surface area contributed by atoms with E-state index < -0.39 is 9.84 Å². The van der Waals surface area contributed by atoms with Gasteiger partial charge in [0.1, 0.15) is 5.75 Å². The van der Waals surface area contributed by atoms with Gasteiger partial charge in [-0.25, -0.2) is 8.42 Å². The SMILES string of the molecule is O=C(CCc1nc(CS(=O)(=O)c2ccccc2)no1)NCCc1ccsc1. The number of thiophene rings is 1. The van der Waals surface area contributed by atoms with Crippen LogP contribution >= 0.6 is 11.3 Å². The minimum atomic E-state index is -3.53. The number of benzene rings is 1. The summed E-state index contributed by atoms with van der Waals surface area (Å²) in [4.78, 5) is 16.2. The average molecular weight is 406 g/mol. The maximum Gasteiger partial charge on any atom is 0.227 e. The molecule has 0 spiro atoms. The van der Waals surface area contributed by atoms with Gasteiger partial charge in [-0.3, -0.25) is 4.79 Å². The lowest BCUT2D eigenvalue weighted by Gasteiger charge is -2.02. The van der Waals surface area contributed by atoms with E-state index in [4.69, 9.17) is 4.52 Å². The predicted molar refractivity (Wildman–Crippen MR) is 101 cm³/mol. The van der Waals surface area contributed by atoms with Crippen molar-refractivity contribution in [3.05, 3.63) is 64.4 Å². The Balaban J connectivity index is 1.46. The van der Waals surface area contributed by atoms with Gasteiger partial charge in [0.15, 0.2) is 15.7 Å². The molecule has 7 nitrogen and oxygen atoms in total. The molecule has 2 aromatic heterocycles. The van der Waals surface area contributed by atoms with Crippen LogP contribution in [0, 0.1) is 0 Å². The fraction of sp³-hybridized carbons (Fsp3) is 0.278. The fourth-order valence-corrected chi connectivity index (χ4v) is 4.32. The van der Waals surface area contributed by atoms with E-state index in [-0.39, 0.29) is 41.1 Å². The van der Waals surface area contributed by atoms with Crippen LogP contribution in [0.15, 0.2) is 56.6 Å².